The molecule has 5 nitrogen and oxygen atoms in total. The Morgan fingerprint density at radius 3 is 2.68 bits per heavy atom. The molecule has 2 amide bonds. The molecule has 130 valence electrons. The molecule has 3 rings (SSSR count). The van der Waals surface area contributed by atoms with Gasteiger partial charge < -0.3 is 14.5 Å². The number of nitrogens with zero attached hydrogens (tertiary/aromatic N) is 2. The van der Waals surface area contributed by atoms with Crippen molar-refractivity contribution in [2.45, 2.75) is 13.5 Å². The molecule has 2 aromatic rings. The Labute approximate surface area is 147 Å². The minimum absolute atomic E-state index is 0.0818. The molecule has 2 aromatic carbocycles. The van der Waals surface area contributed by atoms with E-state index in [1.165, 1.54) is 0 Å². The van der Waals surface area contributed by atoms with E-state index in [0.29, 0.717) is 37.4 Å². The van der Waals surface area contributed by atoms with Crippen molar-refractivity contribution in [3.05, 3.63) is 65.2 Å². The molecule has 1 aliphatic heterocycles. The van der Waals surface area contributed by atoms with Gasteiger partial charge in [-0.2, -0.15) is 0 Å². The normalized spacial score (nSPS) is 13.4. The predicted molar refractivity (Wildman–Crippen MR) is 95.8 cm³/mol. The van der Waals surface area contributed by atoms with Gasteiger partial charge in [0.25, 0.3) is 11.8 Å². The molecule has 0 spiro atoms. The Bertz CT molecular complexity index is 788. The van der Waals surface area contributed by atoms with Crippen LogP contribution < -0.4 is 4.74 Å². The summed E-state index contributed by atoms with van der Waals surface area (Å²) in [5, 5.41) is 0. The lowest BCUT2D eigenvalue weighted by atomic mass is 10.1. The largest absolute Gasteiger partial charge is 0.491 e. The van der Waals surface area contributed by atoms with Crippen LogP contribution >= 0.6 is 0 Å². The molecule has 0 saturated carbocycles. The van der Waals surface area contributed by atoms with Crippen LogP contribution in [0, 0.1) is 0 Å². The maximum Gasteiger partial charge on any atom is 0.254 e. The Morgan fingerprint density at radius 1 is 1.12 bits per heavy atom. The van der Waals surface area contributed by atoms with Crippen LogP contribution in [0.3, 0.4) is 0 Å². The number of ether oxygens (including phenoxy) is 1. The maximum atomic E-state index is 12.9. The molecule has 0 aromatic heterocycles. The van der Waals surface area contributed by atoms with Crippen molar-refractivity contribution >= 4 is 11.8 Å². The smallest absolute Gasteiger partial charge is 0.254 e. The standard InChI is InChI=1S/C20H22N2O3/c1-3-21(2)19(23)15-8-6-9-16(13-15)20(24)22-11-12-25-18-10-5-4-7-17(18)14-22/h4-10,13H,3,11-12,14H2,1-2H3. The highest BCUT2D eigenvalue weighted by atomic mass is 16.5. The van der Waals surface area contributed by atoms with Crippen molar-refractivity contribution in [3.63, 3.8) is 0 Å². The summed E-state index contributed by atoms with van der Waals surface area (Å²) in [5.74, 6) is 0.655. The second-order valence-corrected chi connectivity index (χ2v) is 6.08. The zero-order valence-corrected chi connectivity index (χ0v) is 14.6. The zero-order chi connectivity index (χ0) is 17.8. The van der Waals surface area contributed by atoms with Gasteiger partial charge in [0.2, 0.25) is 0 Å². The number of fused-ring (bicyclic) bond motifs is 1. The van der Waals surface area contributed by atoms with Gasteiger partial charge in [-0.1, -0.05) is 24.3 Å². The number of hydrogen-bond acceptors (Lipinski definition) is 3. The van der Waals surface area contributed by atoms with E-state index < -0.39 is 0 Å². The zero-order valence-electron chi connectivity index (χ0n) is 14.6. The average Bonchev–Trinajstić information content (AvgIpc) is 2.88. The van der Waals surface area contributed by atoms with Crippen LogP contribution in [0.1, 0.15) is 33.2 Å². The van der Waals surface area contributed by atoms with Gasteiger partial charge in [0, 0.05) is 36.8 Å². The fourth-order valence-electron chi connectivity index (χ4n) is 2.83. The van der Waals surface area contributed by atoms with Crippen LogP contribution in [0.4, 0.5) is 0 Å². The summed E-state index contributed by atoms with van der Waals surface area (Å²) >= 11 is 0. The monoisotopic (exact) mass is 338 g/mol. The van der Waals surface area contributed by atoms with Crippen LogP contribution in [0.2, 0.25) is 0 Å². The van der Waals surface area contributed by atoms with Crippen LogP contribution in [0.15, 0.2) is 48.5 Å². The van der Waals surface area contributed by atoms with Crippen molar-refractivity contribution in [1.29, 1.82) is 0 Å². The Balaban J connectivity index is 1.82. The number of benzene rings is 2. The average molecular weight is 338 g/mol. The summed E-state index contributed by atoms with van der Waals surface area (Å²) in [7, 11) is 1.75. The Morgan fingerprint density at radius 2 is 1.88 bits per heavy atom. The fourth-order valence-corrected chi connectivity index (χ4v) is 2.83. The number of hydrogen-bond donors (Lipinski definition) is 0. The van der Waals surface area contributed by atoms with Gasteiger partial charge in [0.05, 0.1) is 6.54 Å². The first-order valence-electron chi connectivity index (χ1n) is 8.45. The number of amides is 2. The first kappa shape index (κ1) is 17.0. The summed E-state index contributed by atoms with van der Waals surface area (Å²) < 4.78 is 5.72. The summed E-state index contributed by atoms with van der Waals surface area (Å²) in [6, 6.07) is 14.7. The number of para-hydroxylation sites is 1. The van der Waals surface area contributed by atoms with Crippen molar-refractivity contribution in [1.82, 2.24) is 9.80 Å². The van der Waals surface area contributed by atoms with Crippen molar-refractivity contribution < 1.29 is 14.3 Å². The minimum atomic E-state index is -0.0888. The molecule has 1 heterocycles. The number of rotatable bonds is 3. The minimum Gasteiger partial charge on any atom is -0.491 e. The third-order valence-electron chi connectivity index (χ3n) is 4.42. The third-order valence-corrected chi connectivity index (χ3v) is 4.42. The third kappa shape index (κ3) is 3.65. The molecule has 0 radical (unpaired) electrons. The lowest BCUT2D eigenvalue weighted by Gasteiger charge is -2.20. The first-order valence-corrected chi connectivity index (χ1v) is 8.45. The molecule has 1 aliphatic rings. The SMILES string of the molecule is CCN(C)C(=O)c1cccc(C(=O)N2CCOc3ccccc3C2)c1. The van der Waals surface area contributed by atoms with Gasteiger partial charge in [-0.3, -0.25) is 9.59 Å². The topological polar surface area (TPSA) is 49.9 Å². The van der Waals surface area contributed by atoms with Crippen LogP contribution in [0.25, 0.3) is 0 Å². The van der Waals surface area contributed by atoms with Crippen LogP contribution in [-0.4, -0.2) is 48.4 Å². The molecular weight excluding hydrogens is 316 g/mol. The first-order chi connectivity index (χ1) is 12.1. The molecule has 0 atom stereocenters. The molecule has 0 saturated heterocycles. The lowest BCUT2D eigenvalue weighted by molar-refractivity contribution is 0.0733. The Kier molecular flexibility index (Phi) is 5.03. The molecule has 0 bridgehead atoms. The van der Waals surface area contributed by atoms with Gasteiger partial charge in [-0.15, -0.1) is 0 Å². The number of carbonyl (C=O) groups excluding carboxylic acids is 2. The van der Waals surface area contributed by atoms with E-state index in [4.69, 9.17) is 4.74 Å². The van der Waals surface area contributed by atoms with E-state index in [-0.39, 0.29) is 11.8 Å². The van der Waals surface area contributed by atoms with Gasteiger partial charge in [-0.05, 0) is 31.2 Å². The fraction of sp³-hybridized carbons (Fsp3) is 0.300. The van der Waals surface area contributed by atoms with Gasteiger partial charge in [0.1, 0.15) is 12.4 Å². The lowest BCUT2D eigenvalue weighted by Crippen LogP contribution is -2.33. The molecule has 0 unspecified atom stereocenters. The molecule has 25 heavy (non-hydrogen) atoms. The summed E-state index contributed by atoms with van der Waals surface area (Å²) in [4.78, 5) is 28.6. The summed E-state index contributed by atoms with van der Waals surface area (Å²) in [6.07, 6.45) is 0. The highest BCUT2D eigenvalue weighted by Crippen LogP contribution is 2.23. The highest BCUT2D eigenvalue weighted by molar-refractivity contribution is 5.99. The van der Waals surface area contributed by atoms with E-state index in [2.05, 4.69) is 0 Å². The molecule has 0 N–H and O–H groups in total. The van der Waals surface area contributed by atoms with Crippen molar-refractivity contribution in [2.24, 2.45) is 0 Å². The van der Waals surface area contributed by atoms with E-state index in [9.17, 15) is 9.59 Å². The van der Waals surface area contributed by atoms with E-state index in [1.54, 1.807) is 41.1 Å². The van der Waals surface area contributed by atoms with Crippen LogP contribution in [-0.2, 0) is 6.54 Å². The molecular formula is C20H22N2O3. The molecule has 0 fully saturated rings. The summed E-state index contributed by atoms with van der Waals surface area (Å²) in [6.45, 7) is 4.02. The van der Waals surface area contributed by atoms with Crippen LogP contribution in [0.5, 0.6) is 5.75 Å². The highest BCUT2D eigenvalue weighted by Gasteiger charge is 2.22. The van der Waals surface area contributed by atoms with E-state index in [0.717, 1.165) is 11.3 Å². The second-order valence-electron chi connectivity index (χ2n) is 6.08. The van der Waals surface area contributed by atoms with Gasteiger partial charge >= 0.3 is 0 Å². The van der Waals surface area contributed by atoms with Gasteiger partial charge in [-0.25, -0.2) is 0 Å². The molecule has 5 heteroatoms. The quantitative estimate of drug-likeness (QED) is 0.865. The van der Waals surface area contributed by atoms with Gasteiger partial charge in [0.15, 0.2) is 0 Å². The van der Waals surface area contributed by atoms with E-state index >= 15 is 0 Å². The van der Waals surface area contributed by atoms with Crippen molar-refractivity contribution in [2.75, 3.05) is 26.7 Å². The number of carbonyl (C=O) groups is 2. The predicted octanol–water partition coefficient (Wildman–Crippen LogP) is 2.81. The maximum absolute atomic E-state index is 12.9. The second kappa shape index (κ2) is 7.38. The van der Waals surface area contributed by atoms with E-state index in [1.807, 2.05) is 31.2 Å². The Hall–Kier alpha value is -2.82. The van der Waals surface area contributed by atoms with Crippen molar-refractivity contribution in [3.8, 4) is 5.75 Å². The molecule has 0 aliphatic carbocycles. The summed E-state index contributed by atoms with van der Waals surface area (Å²) in [5.41, 5.74) is 2.04.